The lowest BCUT2D eigenvalue weighted by Gasteiger charge is -2.22. The van der Waals surface area contributed by atoms with Crippen molar-refractivity contribution in [1.29, 1.82) is 5.26 Å². The number of nitriles is 1. The van der Waals surface area contributed by atoms with E-state index in [1.165, 1.54) is 6.07 Å². The minimum Gasteiger partial charge on any atom is -0.476 e. The van der Waals surface area contributed by atoms with E-state index in [0.29, 0.717) is 42.0 Å². The number of pyridine rings is 1. The highest BCUT2D eigenvalue weighted by Crippen LogP contribution is 2.32. The molecule has 36 heavy (non-hydrogen) atoms. The number of nitrogens with zero attached hydrogens (tertiary/aromatic N) is 6. The van der Waals surface area contributed by atoms with Gasteiger partial charge in [-0.2, -0.15) is 5.26 Å². The molecular formula is C25H26ClN7O3. The number of amides is 1. The molecule has 4 rings (SSSR count). The molecule has 1 aliphatic heterocycles. The van der Waals surface area contributed by atoms with Crippen LogP contribution in [0.2, 0.25) is 5.15 Å². The number of carboxylic acid groups (broad SMARTS) is 1. The maximum absolute atomic E-state index is 12.5. The Balaban J connectivity index is 1.75. The lowest BCUT2D eigenvalue weighted by Crippen LogP contribution is -2.32. The summed E-state index contributed by atoms with van der Waals surface area (Å²) in [6, 6.07) is 8.69. The molecule has 2 atom stereocenters. The van der Waals surface area contributed by atoms with Gasteiger partial charge < -0.3 is 20.2 Å². The Morgan fingerprint density at radius 3 is 2.69 bits per heavy atom. The number of anilines is 2. The Morgan fingerprint density at radius 2 is 2.03 bits per heavy atom. The van der Waals surface area contributed by atoms with Crippen LogP contribution >= 0.6 is 11.6 Å². The lowest BCUT2D eigenvalue weighted by molar-refractivity contribution is -0.132. The topological polar surface area (TPSA) is 135 Å². The van der Waals surface area contributed by atoms with Crippen LogP contribution in [-0.2, 0) is 4.79 Å². The Bertz CT molecular complexity index is 1400. The fourth-order valence-corrected chi connectivity index (χ4v) is 4.64. The summed E-state index contributed by atoms with van der Waals surface area (Å²) in [6.45, 7) is 4.85. The SMILES string of the molecule is Cc1cc([C@@H](C)Nc2ccc(Cl)nc2C(=O)O)c2nc(N3CC[C@@H](C(=O)N(C)C)C3)c(C#N)nc2c1. The van der Waals surface area contributed by atoms with Crippen molar-refractivity contribution in [3.8, 4) is 6.07 Å². The Labute approximate surface area is 213 Å². The highest BCUT2D eigenvalue weighted by Gasteiger charge is 2.32. The molecule has 1 fully saturated rings. The summed E-state index contributed by atoms with van der Waals surface area (Å²) in [5, 5.41) is 22.7. The lowest BCUT2D eigenvalue weighted by atomic mass is 10.0. The molecular weight excluding hydrogens is 482 g/mol. The summed E-state index contributed by atoms with van der Waals surface area (Å²) in [6.07, 6.45) is 0.668. The molecule has 1 aromatic carbocycles. The van der Waals surface area contributed by atoms with Gasteiger partial charge in [0.25, 0.3) is 0 Å². The van der Waals surface area contributed by atoms with Crippen LogP contribution in [0.3, 0.4) is 0 Å². The van der Waals surface area contributed by atoms with Gasteiger partial charge >= 0.3 is 5.97 Å². The minimum atomic E-state index is -1.20. The zero-order valence-electron chi connectivity index (χ0n) is 20.4. The van der Waals surface area contributed by atoms with E-state index in [1.54, 1.807) is 25.1 Å². The first-order valence-electron chi connectivity index (χ1n) is 11.4. The van der Waals surface area contributed by atoms with E-state index in [4.69, 9.17) is 16.6 Å². The quantitative estimate of drug-likeness (QED) is 0.479. The second kappa shape index (κ2) is 9.95. The van der Waals surface area contributed by atoms with Gasteiger partial charge in [0.15, 0.2) is 17.2 Å². The maximum atomic E-state index is 12.5. The van der Waals surface area contributed by atoms with Gasteiger partial charge in [0.2, 0.25) is 5.91 Å². The summed E-state index contributed by atoms with van der Waals surface area (Å²) in [5.74, 6) is -0.882. The van der Waals surface area contributed by atoms with Gasteiger partial charge in [-0.3, -0.25) is 4.79 Å². The second-order valence-corrected chi connectivity index (χ2v) is 9.48. The molecule has 3 aromatic rings. The molecule has 0 spiro atoms. The number of halogens is 1. The van der Waals surface area contributed by atoms with Crippen molar-refractivity contribution >= 4 is 46.0 Å². The number of benzene rings is 1. The third-order valence-electron chi connectivity index (χ3n) is 6.21. The smallest absolute Gasteiger partial charge is 0.356 e. The fourth-order valence-electron chi connectivity index (χ4n) is 4.49. The number of rotatable bonds is 6. The van der Waals surface area contributed by atoms with Crippen LogP contribution in [0.25, 0.3) is 11.0 Å². The number of aromatic carboxylic acids is 1. The summed E-state index contributed by atoms with van der Waals surface area (Å²) in [7, 11) is 3.47. The summed E-state index contributed by atoms with van der Waals surface area (Å²) < 4.78 is 0. The monoisotopic (exact) mass is 507 g/mol. The van der Waals surface area contributed by atoms with E-state index >= 15 is 0 Å². The van der Waals surface area contributed by atoms with E-state index in [1.807, 2.05) is 30.9 Å². The van der Waals surface area contributed by atoms with Crippen LogP contribution in [0.1, 0.15) is 46.7 Å². The number of carbonyl (C=O) groups excluding carboxylic acids is 1. The van der Waals surface area contributed by atoms with Crippen molar-refractivity contribution in [3.05, 3.63) is 51.9 Å². The van der Waals surface area contributed by atoms with Crippen LogP contribution in [0.5, 0.6) is 0 Å². The average molecular weight is 508 g/mol. The molecule has 1 aliphatic rings. The summed E-state index contributed by atoms with van der Waals surface area (Å²) >= 11 is 5.89. The average Bonchev–Trinajstić information content (AvgIpc) is 3.33. The zero-order valence-corrected chi connectivity index (χ0v) is 21.2. The largest absolute Gasteiger partial charge is 0.476 e. The van der Waals surface area contributed by atoms with Crippen molar-refractivity contribution in [2.24, 2.45) is 5.92 Å². The maximum Gasteiger partial charge on any atom is 0.356 e. The first-order valence-corrected chi connectivity index (χ1v) is 11.8. The van der Waals surface area contributed by atoms with Crippen molar-refractivity contribution in [2.75, 3.05) is 37.4 Å². The van der Waals surface area contributed by atoms with E-state index in [-0.39, 0.29) is 34.4 Å². The first kappa shape index (κ1) is 25.1. The molecule has 0 bridgehead atoms. The number of hydrogen-bond acceptors (Lipinski definition) is 8. The van der Waals surface area contributed by atoms with Gasteiger partial charge in [-0.25, -0.2) is 19.7 Å². The highest BCUT2D eigenvalue weighted by atomic mass is 35.5. The number of aryl methyl sites for hydroxylation is 1. The number of hydrogen-bond donors (Lipinski definition) is 2. The van der Waals surface area contributed by atoms with E-state index in [9.17, 15) is 20.0 Å². The van der Waals surface area contributed by atoms with Crippen molar-refractivity contribution in [2.45, 2.75) is 26.3 Å². The van der Waals surface area contributed by atoms with Gasteiger partial charge in [0.05, 0.1) is 28.7 Å². The molecule has 0 aliphatic carbocycles. The molecule has 0 radical (unpaired) electrons. The summed E-state index contributed by atoms with van der Waals surface area (Å²) in [5.41, 5.74) is 3.20. The van der Waals surface area contributed by atoms with Gasteiger partial charge in [-0.1, -0.05) is 17.7 Å². The molecule has 2 N–H and O–H groups in total. The van der Waals surface area contributed by atoms with Crippen molar-refractivity contribution in [3.63, 3.8) is 0 Å². The molecule has 186 valence electrons. The van der Waals surface area contributed by atoms with Crippen LogP contribution in [0.15, 0.2) is 24.3 Å². The van der Waals surface area contributed by atoms with Gasteiger partial charge in [-0.15, -0.1) is 0 Å². The highest BCUT2D eigenvalue weighted by molar-refractivity contribution is 6.29. The fraction of sp³-hybridized carbons (Fsp3) is 0.360. The number of carboxylic acids is 1. The second-order valence-electron chi connectivity index (χ2n) is 9.10. The predicted molar refractivity (Wildman–Crippen MR) is 136 cm³/mol. The molecule has 2 aromatic heterocycles. The predicted octanol–water partition coefficient (Wildman–Crippen LogP) is 3.64. The normalized spacial score (nSPS) is 16.0. The van der Waals surface area contributed by atoms with Gasteiger partial charge in [0.1, 0.15) is 11.2 Å². The molecule has 0 saturated carbocycles. The number of carbonyl (C=O) groups is 2. The molecule has 1 amide bonds. The molecule has 0 unspecified atom stereocenters. The number of nitrogens with one attached hydrogen (secondary N) is 1. The van der Waals surface area contributed by atoms with Crippen LogP contribution in [0, 0.1) is 24.2 Å². The molecule has 11 heteroatoms. The van der Waals surface area contributed by atoms with Crippen LogP contribution in [-0.4, -0.2) is 64.0 Å². The van der Waals surface area contributed by atoms with Crippen molar-refractivity contribution in [1.82, 2.24) is 19.9 Å². The Hall–Kier alpha value is -3.97. The van der Waals surface area contributed by atoms with E-state index in [0.717, 1.165) is 11.1 Å². The number of fused-ring (bicyclic) bond motifs is 1. The van der Waals surface area contributed by atoms with Gasteiger partial charge in [-0.05, 0) is 44.0 Å². The molecule has 1 saturated heterocycles. The van der Waals surface area contributed by atoms with Gasteiger partial charge in [0, 0.05) is 32.7 Å². The summed E-state index contributed by atoms with van der Waals surface area (Å²) in [4.78, 5) is 41.1. The zero-order chi connectivity index (χ0) is 26.1. The third kappa shape index (κ3) is 4.88. The molecule has 3 heterocycles. The third-order valence-corrected chi connectivity index (χ3v) is 6.42. The first-order chi connectivity index (χ1) is 17.1. The minimum absolute atomic E-state index is 0.0460. The van der Waals surface area contributed by atoms with Crippen molar-refractivity contribution < 1.29 is 14.7 Å². The Kier molecular flexibility index (Phi) is 6.95. The standard InChI is InChI=1S/C25H26ClN7O3/c1-13-9-16(14(2)28-17-5-6-20(26)30-22(17)25(35)36)21-18(10-13)29-19(11-27)23(31-21)33-8-7-15(12-33)24(34)32(3)4/h5-6,9-10,14-15,28H,7-8,12H2,1-4H3,(H,35,36)/t14-,15-/m1/s1. The van der Waals surface area contributed by atoms with E-state index in [2.05, 4.69) is 21.4 Å². The number of aromatic nitrogens is 3. The van der Waals surface area contributed by atoms with E-state index < -0.39 is 5.97 Å². The molecule has 10 nitrogen and oxygen atoms in total. The Morgan fingerprint density at radius 1 is 1.28 bits per heavy atom. The van der Waals surface area contributed by atoms with Crippen LogP contribution in [0.4, 0.5) is 11.5 Å². The van der Waals surface area contributed by atoms with Crippen LogP contribution < -0.4 is 10.2 Å².